The molecule has 1 aromatic rings. The first-order chi connectivity index (χ1) is 11.3. The second-order valence-electron chi connectivity index (χ2n) is 6.74. The third-order valence-electron chi connectivity index (χ3n) is 4.76. The number of benzene rings is 1. The summed E-state index contributed by atoms with van der Waals surface area (Å²) in [5, 5.41) is 0. The molecule has 2 heteroatoms. The minimum Gasteiger partial charge on any atom is -0.361 e. The van der Waals surface area contributed by atoms with Gasteiger partial charge in [-0.3, -0.25) is 0 Å². The van der Waals surface area contributed by atoms with E-state index in [2.05, 4.69) is 64.3 Å². The van der Waals surface area contributed by atoms with E-state index >= 15 is 0 Å². The molecule has 0 saturated carbocycles. The number of hydrogen-bond donors (Lipinski definition) is 0. The zero-order valence-electron chi connectivity index (χ0n) is 14.6. The molecule has 0 N–H and O–H groups in total. The maximum absolute atomic E-state index is 3.88. The molecule has 1 aliphatic rings. The van der Waals surface area contributed by atoms with Gasteiger partial charge in [0.25, 0.3) is 0 Å². The summed E-state index contributed by atoms with van der Waals surface area (Å²) in [6.07, 6.45) is 18.3. The lowest BCUT2D eigenvalue weighted by atomic mass is 10.0. The van der Waals surface area contributed by atoms with Gasteiger partial charge in [0.1, 0.15) is 0 Å². The number of halogens is 1. The van der Waals surface area contributed by atoms with Crippen molar-refractivity contribution in [3.8, 4) is 0 Å². The number of fused-ring (bicyclic) bond motifs is 1. The van der Waals surface area contributed by atoms with Crippen molar-refractivity contribution >= 4 is 22.0 Å². The smallest absolute Gasteiger partial charge is 0.0844 e. The average molecular weight is 378 g/mol. The number of unbranched alkanes of at least 4 members (excludes halogenated alkanes) is 8. The fourth-order valence-electron chi connectivity index (χ4n) is 3.25. The van der Waals surface area contributed by atoms with Crippen molar-refractivity contribution in [1.29, 1.82) is 0 Å². The van der Waals surface area contributed by atoms with Crippen molar-refractivity contribution in [3.05, 3.63) is 41.6 Å². The number of hydrogen-bond acceptors (Lipinski definition) is 1. The molecule has 2 rings (SSSR count). The molecule has 0 saturated heterocycles. The first-order valence-electron chi connectivity index (χ1n) is 9.47. The second-order valence-corrected chi connectivity index (χ2v) is 7.80. The van der Waals surface area contributed by atoms with Gasteiger partial charge in [-0.1, -0.05) is 105 Å². The highest BCUT2D eigenvalue weighted by Crippen LogP contribution is 2.25. The van der Waals surface area contributed by atoms with Gasteiger partial charge in [0, 0.05) is 12.7 Å². The van der Waals surface area contributed by atoms with Crippen LogP contribution in [-0.4, -0.2) is 9.85 Å². The third-order valence-corrected chi connectivity index (χ3v) is 5.74. The maximum atomic E-state index is 3.88. The Morgan fingerprint density at radius 2 is 1.61 bits per heavy atom. The van der Waals surface area contributed by atoms with E-state index in [1.165, 1.54) is 75.3 Å². The van der Waals surface area contributed by atoms with E-state index in [0.717, 1.165) is 6.54 Å². The van der Waals surface area contributed by atoms with E-state index in [4.69, 9.17) is 0 Å². The van der Waals surface area contributed by atoms with Crippen LogP contribution >= 0.6 is 15.9 Å². The van der Waals surface area contributed by atoms with Gasteiger partial charge in [0.15, 0.2) is 0 Å². The van der Waals surface area contributed by atoms with Gasteiger partial charge < -0.3 is 4.90 Å². The van der Waals surface area contributed by atoms with Crippen LogP contribution in [0.15, 0.2) is 30.5 Å². The van der Waals surface area contributed by atoms with E-state index in [0.29, 0.717) is 4.95 Å². The Morgan fingerprint density at radius 3 is 2.35 bits per heavy atom. The van der Waals surface area contributed by atoms with Gasteiger partial charge in [-0.05, 0) is 23.6 Å². The Kier molecular flexibility index (Phi) is 8.81. The normalized spacial score (nSPS) is 14.8. The van der Waals surface area contributed by atoms with Gasteiger partial charge in [0.2, 0.25) is 0 Å². The Bertz CT molecular complexity index is 469. The molecular formula is C21H32BrN. The van der Waals surface area contributed by atoms with Gasteiger partial charge >= 0.3 is 0 Å². The zero-order chi connectivity index (χ0) is 16.3. The highest BCUT2D eigenvalue weighted by atomic mass is 79.9. The minimum atomic E-state index is 0.469. The van der Waals surface area contributed by atoms with Gasteiger partial charge in [-0.15, -0.1) is 0 Å². The lowest BCUT2D eigenvalue weighted by molar-refractivity contribution is 0.330. The summed E-state index contributed by atoms with van der Waals surface area (Å²) in [6, 6.07) is 8.70. The molecule has 0 aliphatic carbocycles. The molecular weight excluding hydrogens is 346 g/mol. The van der Waals surface area contributed by atoms with Crippen LogP contribution in [0.1, 0.15) is 82.3 Å². The molecule has 1 atom stereocenters. The molecule has 1 nitrogen and oxygen atoms in total. The summed E-state index contributed by atoms with van der Waals surface area (Å²) in [5.74, 6) is 0. The van der Waals surface area contributed by atoms with E-state index in [9.17, 15) is 0 Å². The van der Waals surface area contributed by atoms with E-state index in [-0.39, 0.29) is 0 Å². The van der Waals surface area contributed by atoms with Crippen molar-refractivity contribution in [2.75, 3.05) is 0 Å². The number of alkyl halides is 1. The van der Waals surface area contributed by atoms with E-state index < -0.39 is 0 Å². The Morgan fingerprint density at radius 1 is 0.957 bits per heavy atom. The monoisotopic (exact) mass is 377 g/mol. The molecule has 0 spiro atoms. The molecule has 0 bridgehead atoms. The van der Waals surface area contributed by atoms with Crippen molar-refractivity contribution < 1.29 is 0 Å². The molecule has 0 radical (unpaired) electrons. The summed E-state index contributed by atoms with van der Waals surface area (Å²) in [5.41, 5.74) is 2.80. The minimum absolute atomic E-state index is 0.469. The number of rotatable bonds is 11. The predicted molar refractivity (Wildman–Crippen MR) is 106 cm³/mol. The first kappa shape index (κ1) is 18.6. The van der Waals surface area contributed by atoms with Crippen LogP contribution in [0.4, 0.5) is 0 Å². The summed E-state index contributed by atoms with van der Waals surface area (Å²) >= 11 is 3.88. The molecule has 1 heterocycles. The van der Waals surface area contributed by atoms with Crippen molar-refractivity contribution in [2.24, 2.45) is 0 Å². The van der Waals surface area contributed by atoms with Gasteiger partial charge in [0.05, 0.1) is 4.95 Å². The van der Waals surface area contributed by atoms with E-state index in [1.54, 1.807) is 0 Å². The Balaban J connectivity index is 1.55. The first-order valence-corrected chi connectivity index (χ1v) is 10.4. The molecule has 1 unspecified atom stereocenters. The summed E-state index contributed by atoms with van der Waals surface area (Å²) in [6.45, 7) is 3.31. The van der Waals surface area contributed by atoms with Gasteiger partial charge in [-0.25, -0.2) is 0 Å². The zero-order valence-corrected chi connectivity index (χ0v) is 16.2. The van der Waals surface area contributed by atoms with Crippen LogP contribution in [0.25, 0.3) is 6.08 Å². The predicted octanol–water partition coefficient (Wildman–Crippen LogP) is 7.11. The molecule has 1 aromatic carbocycles. The molecule has 0 aromatic heterocycles. The topological polar surface area (TPSA) is 3.24 Å². The number of nitrogens with zero attached hydrogens (tertiary/aromatic N) is 1. The van der Waals surface area contributed by atoms with Crippen LogP contribution in [0.2, 0.25) is 0 Å². The van der Waals surface area contributed by atoms with Crippen LogP contribution in [0.5, 0.6) is 0 Å². The van der Waals surface area contributed by atoms with Gasteiger partial charge in [-0.2, -0.15) is 0 Å². The molecule has 1 aliphatic heterocycles. The van der Waals surface area contributed by atoms with Crippen LogP contribution in [0, 0.1) is 0 Å². The van der Waals surface area contributed by atoms with Crippen LogP contribution < -0.4 is 0 Å². The average Bonchev–Trinajstić information content (AvgIpc) is 2.59. The van der Waals surface area contributed by atoms with Crippen LogP contribution in [0.3, 0.4) is 0 Å². The van der Waals surface area contributed by atoms with Crippen LogP contribution in [-0.2, 0) is 6.54 Å². The Labute approximate surface area is 151 Å². The maximum Gasteiger partial charge on any atom is 0.0844 e. The molecule has 23 heavy (non-hydrogen) atoms. The second kappa shape index (κ2) is 10.9. The molecule has 0 fully saturated rings. The van der Waals surface area contributed by atoms with Crippen molar-refractivity contribution in [2.45, 2.75) is 82.6 Å². The standard InChI is InChI=1S/C21H32BrN/c1-2-3-4-5-6-7-8-9-10-15-21(22)23-17-16-19-13-11-12-14-20(19)18-23/h11-14,16-17,21H,2-10,15,18H2,1H3. The molecule has 128 valence electrons. The fraction of sp³-hybridized carbons (Fsp3) is 0.619. The summed E-state index contributed by atoms with van der Waals surface area (Å²) in [7, 11) is 0. The lowest BCUT2D eigenvalue weighted by Gasteiger charge is -2.30. The quantitative estimate of drug-likeness (QED) is 0.225. The molecule has 0 amide bonds. The fourth-order valence-corrected chi connectivity index (χ4v) is 3.85. The largest absolute Gasteiger partial charge is 0.361 e. The highest BCUT2D eigenvalue weighted by Gasteiger charge is 2.16. The van der Waals surface area contributed by atoms with E-state index in [1.807, 2.05) is 0 Å². The highest BCUT2D eigenvalue weighted by molar-refractivity contribution is 9.09. The summed E-state index contributed by atoms with van der Waals surface area (Å²) < 4.78 is 0. The Hall–Kier alpha value is -0.760. The van der Waals surface area contributed by atoms with Crippen molar-refractivity contribution in [1.82, 2.24) is 4.90 Å². The third kappa shape index (κ3) is 6.71. The summed E-state index contributed by atoms with van der Waals surface area (Å²) in [4.78, 5) is 2.89. The SMILES string of the molecule is CCCCCCCCCCCC(Br)N1C=Cc2ccccc2C1. The lowest BCUT2D eigenvalue weighted by Crippen LogP contribution is -2.27. The van der Waals surface area contributed by atoms with Crippen molar-refractivity contribution in [3.63, 3.8) is 0 Å².